The minimum absolute atomic E-state index is 0.00120. The van der Waals surface area contributed by atoms with Crippen LogP contribution in [0.3, 0.4) is 0 Å². The lowest BCUT2D eigenvalue weighted by molar-refractivity contribution is -0.132. The van der Waals surface area contributed by atoms with Gasteiger partial charge in [0.05, 0.1) is 18.7 Å². The summed E-state index contributed by atoms with van der Waals surface area (Å²) in [6, 6.07) is 16.5. The Balaban J connectivity index is 1.94. The van der Waals surface area contributed by atoms with E-state index in [9.17, 15) is 19.8 Å². The van der Waals surface area contributed by atoms with Gasteiger partial charge in [0.15, 0.2) is 0 Å². The maximum atomic E-state index is 13.4. The zero-order valence-electron chi connectivity index (χ0n) is 20.5. The van der Waals surface area contributed by atoms with Crippen molar-refractivity contribution in [3.63, 3.8) is 0 Å². The monoisotopic (exact) mass is 471 g/mol. The first-order valence-electron chi connectivity index (χ1n) is 11.5. The average molecular weight is 472 g/mol. The Labute approximate surface area is 205 Å². The molecule has 0 bridgehead atoms. The first-order chi connectivity index (χ1) is 16.6. The van der Waals surface area contributed by atoms with Gasteiger partial charge < -0.3 is 14.9 Å². The molecule has 180 valence electrons. The van der Waals surface area contributed by atoms with Crippen LogP contribution < -0.4 is 9.64 Å². The fraction of sp³-hybridized carbons (Fsp3) is 0.241. The lowest BCUT2D eigenvalue weighted by Crippen LogP contribution is -2.29. The molecule has 3 aromatic carbocycles. The molecule has 1 unspecified atom stereocenters. The molecule has 1 aliphatic rings. The predicted molar refractivity (Wildman–Crippen MR) is 136 cm³/mol. The van der Waals surface area contributed by atoms with Crippen LogP contribution >= 0.6 is 0 Å². The summed E-state index contributed by atoms with van der Waals surface area (Å²) in [6.45, 7) is 7.82. The zero-order valence-corrected chi connectivity index (χ0v) is 20.5. The molecule has 35 heavy (non-hydrogen) atoms. The second kappa shape index (κ2) is 9.29. The van der Waals surface area contributed by atoms with E-state index in [1.165, 1.54) is 17.0 Å². The van der Waals surface area contributed by atoms with Crippen LogP contribution in [0.1, 0.15) is 53.6 Å². The molecule has 1 heterocycles. The number of aliphatic hydroxyl groups is 1. The predicted octanol–water partition coefficient (Wildman–Crippen LogP) is 5.77. The number of methoxy groups -OCH3 is 1. The van der Waals surface area contributed by atoms with Crippen LogP contribution in [0.5, 0.6) is 11.5 Å². The van der Waals surface area contributed by atoms with E-state index in [1.54, 1.807) is 31.4 Å². The van der Waals surface area contributed by atoms with Crippen LogP contribution in [-0.4, -0.2) is 29.0 Å². The lowest BCUT2D eigenvalue weighted by atomic mass is 9.93. The van der Waals surface area contributed by atoms with Crippen molar-refractivity contribution in [3.8, 4) is 11.5 Å². The molecule has 1 saturated heterocycles. The summed E-state index contributed by atoms with van der Waals surface area (Å²) in [6.07, 6.45) is 0. The molecule has 1 fully saturated rings. The van der Waals surface area contributed by atoms with E-state index in [0.717, 1.165) is 11.1 Å². The number of Topliss-reactive ketones (excluding diaryl/α,β-unsaturated/α-hetero) is 1. The van der Waals surface area contributed by atoms with E-state index >= 15 is 0 Å². The maximum Gasteiger partial charge on any atom is 0.300 e. The van der Waals surface area contributed by atoms with Crippen LogP contribution in [0.2, 0.25) is 0 Å². The fourth-order valence-corrected chi connectivity index (χ4v) is 4.50. The van der Waals surface area contributed by atoms with E-state index in [4.69, 9.17) is 4.74 Å². The smallest absolute Gasteiger partial charge is 0.300 e. The highest BCUT2D eigenvalue weighted by Gasteiger charge is 2.47. The van der Waals surface area contributed by atoms with Gasteiger partial charge in [-0.1, -0.05) is 38.1 Å². The highest BCUT2D eigenvalue weighted by Crippen LogP contribution is 2.43. The third-order valence-corrected chi connectivity index (χ3v) is 6.49. The first-order valence-corrected chi connectivity index (χ1v) is 11.5. The Morgan fingerprint density at radius 2 is 1.57 bits per heavy atom. The van der Waals surface area contributed by atoms with Gasteiger partial charge in [-0.05, 0) is 78.4 Å². The number of carbonyl (C=O) groups is 2. The third kappa shape index (κ3) is 4.28. The molecule has 2 N–H and O–H groups in total. The molecule has 6 nitrogen and oxygen atoms in total. The Morgan fingerprint density at radius 1 is 0.943 bits per heavy atom. The van der Waals surface area contributed by atoms with Crippen LogP contribution in [0.25, 0.3) is 5.76 Å². The number of ketones is 1. The Bertz CT molecular complexity index is 1320. The van der Waals surface area contributed by atoms with Gasteiger partial charge in [-0.2, -0.15) is 0 Å². The van der Waals surface area contributed by atoms with Crippen LogP contribution in [-0.2, 0) is 9.59 Å². The van der Waals surface area contributed by atoms with Crippen molar-refractivity contribution in [2.24, 2.45) is 0 Å². The molecule has 1 amide bonds. The molecule has 4 rings (SSSR count). The van der Waals surface area contributed by atoms with E-state index in [0.29, 0.717) is 34.0 Å². The summed E-state index contributed by atoms with van der Waals surface area (Å²) in [4.78, 5) is 28.1. The van der Waals surface area contributed by atoms with Gasteiger partial charge in [0, 0.05) is 11.3 Å². The molecule has 3 aromatic rings. The largest absolute Gasteiger partial charge is 0.508 e. The SMILES string of the molecule is COc1cc(C)c(/C(O)=C2\C(=O)C(=O)N(c3ccc(C(C)C)cc3)C2c2ccc(O)cc2)cc1C. The Morgan fingerprint density at radius 3 is 2.14 bits per heavy atom. The van der Waals surface area contributed by atoms with Crippen molar-refractivity contribution in [3.05, 3.63) is 94.1 Å². The van der Waals surface area contributed by atoms with Gasteiger partial charge in [0.25, 0.3) is 11.7 Å². The summed E-state index contributed by atoms with van der Waals surface area (Å²) in [5.74, 6) is -0.681. The van der Waals surface area contributed by atoms with Gasteiger partial charge in [-0.15, -0.1) is 0 Å². The van der Waals surface area contributed by atoms with E-state index < -0.39 is 17.7 Å². The van der Waals surface area contributed by atoms with Gasteiger partial charge >= 0.3 is 0 Å². The molecule has 1 atom stereocenters. The number of amides is 1. The molecule has 0 spiro atoms. The summed E-state index contributed by atoms with van der Waals surface area (Å²) >= 11 is 0. The molecule has 0 saturated carbocycles. The lowest BCUT2D eigenvalue weighted by Gasteiger charge is -2.26. The molecule has 6 heteroatoms. The number of benzene rings is 3. The first kappa shape index (κ1) is 24.1. The van der Waals surface area contributed by atoms with Crippen molar-refractivity contribution in [2.75, 3.05) is 12.0 Å². The summed E-state index contributed by atoms with van der Waals surface area (Å²) < 4.78 is 5.38. The minimum atomic E-state index is -0.859. The topological polar surface area (TPSA) is 87.1 Å². The van der Waals surface area contributed by atoms with E-state index in [1.807, 2.05) is 38.1 Å². The van der Waals surface area contributed by atoms with Crippen molar-refractivity contribution in [1.29, 1.82) is 0 Å². The van der Waals surface area contributed by atoms with Crippen LogP contribution in [0, 0.1) is 13.8 Å². The summed E-state index contributed by atoms with van der Waals surface area (Å²) in [7, 11) is 1.57. The molecule has 1 aliphatic heterocycles. The second-order valence-corrected chi connectivity index (χ2v) is 9.14. The molecule has 0 aliphatic carbocycles. The number of aliphatic hydroxyl groups excluding tert-OH is 1. The summed E-state index contributed by atoms with van der Waals surface area (Å²) in [5.41, 5.74) is 4.22. The number of phenols is 1. The van der Waals surface area contributed by atoms with Crippen LogP contribution in [0.15, 0.2) is 66.2 Å². The normalized spacial score (nSPS) is 17.3. The van der Waals surface area contributed by atoms with Gasteiger partial charge in [-0.3, -0.25) is 14.5 Å². The van der Waals surface area contributed by atoms with Crippen molar-refractivity contribution in [1.82, 2.24) is 0 Å². The number of ether oxygens (including phenoxy) is 1. The highest BCUT2D eigenvalue weighted by atomic mass is 16.5. The van der Waals surface area contributed by atoms with Crippen molar-refractivity contribution < 1.29 is 24.5 Å². The van der Waals surface area contributed by atoms with Crippen molar-refractivity contribution >= 4 is 23.1 Å². The number of aromatic hydroxyl groups is 1. The minimum Gasteiger partial charge on any atom is -0.508 e. The zero-order chi connectivity index (χ0) is 25.4. The van der Waals surface area contributed by atoms with Gasteiger partial charge in [0.1, 0.15) is 17.3 Å². The molecule has 0 aromatic heterocycles. The maximum absolute atomic E-state index is 13.4. The standard InChI is InChI=1S/C29H29NO5/c1-16(2)19-6-10-21(11-7-19)30-26(20-8-12-22(31)13-9-20)25(28(33)29(30)34)27(32)23-14-18(4)24(35-5)15-17(23)3/h6-16,26,31-32H,1-5H3/b27-25+. The number of carbonyl (C=O) groups excluding carboxylic acids is 2. The third-order valence-electron chi connectivity index (χ3n) is 6.49. The Hall–Kier alpha value is -4.06. The van der Waals surface area contributed by atoms with E-state index in [-0.39, 0.29) is 17.1 Å². The number of hydrogen-bond donors (Lipinski definition) is 2. The fourth-order valence-electron chi connectivity index (χ4n) is 4.50. The number of anilines is 1. The average Bonchev–Trinajstić information content (AvgIpc) is 3.10. The number of phenolic OH excluding ortho intramolecular Hbond substituents is 1. The summed E-state index contributed by atoms with van der Waals surface area (Å²) in [5, 5.41) is 21.3. The molecule has 0 radical (unpaired) electrons. The molecular weight excluding hydrogens is 442 g/mol. The highest BCUT2D eigenvalue weighted by molar-refractivity contribution is 6.51. The quantitative estimate of drug-likeness (QED) is 0.280. The second-order valence-electron chi connectivity index (χ2n) is 9.14. The number of hydrogen-bond acceptors (Lipinski definition) is 5. The van der Waals surface area contributed by atoms with Gasteiger partial charge in [0.2, 0.25) is 0 Å². The number of rotatable bonds is 5. The Kier molecular flexibility index (Phi) is 6.39. The van der Waals surface area contributed by atoms with Crippen molar-refractivity contribution in [2.45, 2.75) is 39.7 Å². The van der Waals surface area contributed by atoms with Gasteiger partial charge in [-0.25, -0.2) is 0 Å². The van der Waals surface area contributed by atoms with E-state index in [2.05, 4.69) is 13.8 Å². The molecular formula is C29H29NO5. The number of aryl methyl sites for hydroxylation is 2. The van der Waals surface area contributed by atoms with Crippen LogP contribution in [0.4, 0.5) is 5.69 Å². The number of nitrogens with zero attached hydrogens (tertiary/aromatic N) is 1.